The SMILES string of the molecule is CC(CCc1ccccc1)N1C(=O)c2ccc3c4c(ccc(c24)C1=O)-c1cc2ccccc2cc1-3.CCCCC(CC)CN1C(=O)c2ccc3c4c(ccc(c24)C1=O)-c1cc2ccccc2cc1-3.CCc1ccc2cc3c(cc2c1)-c1ccc2c4c(ccc-3c14)C(=O)N(C)C2=O.CN1C(=O)c2ccc3c4c(ccc(c24)C1=O)-c1cc2ccccc2cc1-3. The Balaban J connectivity index is 0.0000000978. The minimum absolute atomic E-state index is 0.146. The molecule has 122 heavy (non-hydrogen) atoms. The topological polar surface area (TPSA) is 150 Å². The summed E-state index contributed by atoms with van der Waals surface area (Å²) >= 11 is 0. The van der Waals surface area contributed by atoms with Gasteiger partial charge in [0.15, 0.2) is 0 Å². The Kier molecular flexibility index (Phi) is 16.9. The molecule has 8 aliphatic rings. The average molecular weight is 1590 g/mol. The third kappa shape index (κ3) is 10.9. The molecule has 0 fully saturated rings. The van der Waals surface area contributed by atoms with Crippen LogP contribution in [0.1, 0.15) is 154 Å². The molecule has 25 rings (SSSR count). The van der Waals surface area contributed by atoms with Gasteiger partial charge in [0.1, 0.15) is 0 Å². The molecule has 0 aromatic heterocycles. The fraction of sp³-hybridized carbons (Fsp3) is 0.145. The Labute approximate surface area is 703 Å². The molecule has 0 N–H and O–H groups in total. The highest BCUT2D eigenvalue weighted by atomic mass is 16.2. The van der Waals surface area contributed by atoms with E-state index in [0.717, 1.165) is 133 Å². The van der Waals surface area contributed by atoms with Gasteiger partial charge in [0.25, 0.3) is 47.3 Å². The minimum atomic E-state index is -0.229. The first-order chi connectivity index (χ1) is 59.5. The van der Waals surface area contributed by atoms with E-state index in [2.05, 4.69) is 185 Å². The first-order valence-electron chi connectivity index (χ1n) is 42.5. The molecule has 4 aliphatic carbocycles. The van der Waals surface area contributed by atoms with E-state index in [0.29, 0.717) is 57.0 Å². The molecule has 12 heteroatoms. The van der Waals surface area contributed by atoms with Crippen LogP contribution in [0.4, 0.5) is 0 Å². The van der Waals surface area contributed by atoms with Crippen molar-refractivity contribution >= 4 is 133 Å². The van der Waals surface area contributed by atoms with Gasteiger partial charge in [0.05, 0.1) is 0 Å². The Morgan fingerprint density at radius 3 is 0.828 bits per heavy atom. The summed E-state index contributed by atoms with van der Waals surface area (Å²) in [6, 6.07) is 91.1. The standard InChI is InChI=1S/C32H23NO2.C30H27NO2.C25H17NO2.C23H13NO2/c1-19(11-12-20-7-3-2-4-8-20)33-31(34)25-15-13-23-27-17-21-9-5-6-10-22(21)18-28(27)24-14-16-26(32(33)35)30(25)29(23)24;1-3-5-8-18(4-2)17-31-29(32)23-13-11-21-25-15-19-9-6-7-10-20(19)16-26(25)22-12-14-24(30(31)33)28(23)27(21)22;1-3-13-4-5-14-11-20-16-6-8-18-23-19(25(28)26(2)24(18)27)9-7-17(22(16)23)21(20)12-15(14)10-13;1-24-22(25)16-8-6-14-18-10-12-4-2-3-5-13(12)11-19(18)15-7-9-17(23(24)26)21(16)20(14)15/h2-10,13-19H,11-12H2,1H3;6-7,9-16,18H,3-5,8,17H2,1-2H3;4-12H,3H2,1-2H3;2-11H,1H3. The van der Waals surface area contributed by atoms with Crippen LogP contribution in [0.3, 0.4) is 0 Å². The van der Waals surface area contributed by atoms with E-state index in [-0.39, 0.29) is 53.3 Å². The zero-order valence-electron chi connectivity index (χ0n) is 68.3. The van der Waals surface area contributed by atoms with Crippen molar-refractivity contribution in [3.05, 3.63) is 323 Å². The lowest BCUT2D eigenvalue weighted by Gasteiger charge is -2.32. The average Bonchev–Trinajstić information content (AvgIpc) is 1.52. The van der Waals surface area contributed by atoms with E-state index in [1.54, 1.807) is 14.1 Å². The fourth-order valence-electron chi connectivity index (χ4n) is 20.8. The number of amides is 8. The number of carbonyl (C=O) groups is 8. The second-order valence-electron chi connectivity index (χ2n) is 33.8. The van der Waals surface area contributed by atoms with Crippen LogP contribution in [0, 0.1) is 5.92 Å². The Morgan fingerprint density at radius 1 is 0.254 bits per heavy atom. The van der Waals surface area contributed by atoms with Crippen LogP contribution in [-0.4, -0.2) is 93.5 Å². The third-order valence-electron chi connectivity index (χ3n) is 27.2. The molecule has 2 atom stereocenters. The van der Waals surface area contributed by atoms with Crippen LogP contribution in [0.5, 0.6) is 0 Å². The van der Waals surface area contributed by atoms with Gasteiger partial charge in [-0.2, -0.15) is 0 Å². The third-order valence-corrected chi connectivity index (χ3v) is 27.2. The van der Waals surface area contributed by atoms with E-state index in [4.69, 9.17) is 0 Å². The summed E-state index contributed by atoms with van der Waals surface area (Å²) in [5, 5.41) is 17.0. The molecule has 0 radical (unpaired) electrons. The van der Waals surface area contributed by atoms with E-state index in [1.165, 1.54) is 118 Å². The molecule has 2 unspecified atom stereocenters. The van der Waals surface area contributed by atoms with Gasteiger partial charge in [-0.05, 0) is 300 Å². The van der Waals surface area contributed by atoms with E-state index < -0.39 is 0 Å². The molecule has 12 nitrogen and oxygen atoms in total. The van der Waals surface area contributed by atoms with Crippen molar-refractivity contribution < 1.29 is 38.4 Å². The number of benzene rings is 17. The monoisotopic (exact) mass is 1580 g/mol. The summed E-state index contributed by atoms with van der Waals surface area (Å²) < 4.78 is 0. The Bertz CT molecular complexity index is 7390. The predicted octanol–water partition coefficient (Wildman–Crippen LogP) is 25.0. The number of imide groups is 4. The van der Waals surface area contributed by atoms with Crippen molar-refractivity contribution in [3.8, 4) is 89.0 Å². The maximum atomic E-state index is 13.7. The zero-order chi connectivity index (χ0) is 83.1. The zero-order valence-corrected chi connectivity index (χ0v) is 68.3. The second kappa shape index (κ2) is 28.0. The lowest BCUT2D eigenvalue weighted by Crippen LogP contribution is -2.46. The van der Waals surface area contributed by atoms with Crippen LogP contribution in [0.15, 0.2) is 267 Å². The van der Waals surface area contributed by atoms with Crippen LogP contribution in [0.25, 0.3) is 175 Å². The van der Waals surface area contributed by atoms with Crippen LogP contribution in [0.2, 0.25) is 0 Å². The van der Waals surface area contributed by atoms with Crippen LogP contribution >= 0.6 is 0 Å². The lowest BCUT2D eigenvalue weighted by atomic mass is 9.89. The number of carbonyl (C=O) groups excluding carboxylic acids is 8. The fourth-order valence-corrected chi connectivity index (χ4v) is 20.8. The van der Waals surface area contributed by atoms with Crippen molar-refractivity contribution in [2.24, 2.45) is 5.92 Å². The number of hydrogen-bond acceptors (Lipinski definition) is 8. The summed E-state index contributed by atoms with van der Waals surface area (Å²) in [5.74, 6) is -1.23. The molecule has 0 spiro atoms. The molecule has 8 amide bonds. The summed E-state index contributed by atoms with van der Waals surface area (Å²) in [5.41, 5.74) is 25.8. The molecule has 0 bridgehead atoms. The van der Waals surface area contributed by atoms with Gasteiger partial charge < -0.3 is 0 Å². The number of aryl methyl sites for hydroxylation is 2. The number of hydrogen-bond donors (Lipinski definition) is 0. The van der Waals surface area contributed by atoms with Gasteiger partial charge in [-0.1, -0.05) is 210 Å². The molecular weight excluding hydrogens is 1510 g/mol. The van der Waals surface area contributed by atoms with Gasteiger partial charge in [-0.25, -0.2) is 0 Å². The van der Waals surface area contributed by atoms with Crippen molar-refractivity contribution in [2.75, 3.05) is 20.6 Å². The summed E-state index contributed by atoms with van der Waals surface area (Å²) in [7, 11) is 3.09. The Hall–Kier alpha value is -14.6. The number of unbranched alkanes of at least 4 members (excludes halogenated alkanes) is 1. The van der Waals surface area contributed by atoms with Crippen LogP contribution in [-0.2, 0) is 12.8 Å². The highest BCUT2D eigenvalue weighted by Crippen LogP contribution is 2.56. The lowest BCUT2D eigenvalue weighted by molar-refractivity contribution is 0.0537. The van der Waals surface area contributed by atoms with E-state index in [9.17, 15) is 38.4 Å². The summed E-state index contributed by atoms with van der Waals surface area (Å²) in [4.78, 5) is 110. The van der Waals surface area contributed by atoms with Crippen molar-refractivity contribution in [3.63, 3.8) is 0 Å². The second-order valence-corrected chi connectivity index (χ2v) is 33.8. The molecule has 17 aromatic rings. The van der Waals surface area contributed by atoms with Gasteiger partial charge in [0, 0.05) is 92.7 Å². The van der Waals surface area contributed by atoms with Gasteiger partial charge in [0.2, 0.25) is 0 Å². The maximum Gasteiger partial charge on any atom is 0.261 e. The molecule has 4 heterocycles. The summed E-state index contributed by atoms with van der Waals surface area (Å²) in [6.07, 6.45) is 6.83. The number of rotatable bonds is 11. The number of fused-ring (bicyclic) bond motifs is 16. The first kappa shape index (κ1) is 73.7. The maximum absolute atomic E-state index is 13.7. The largest absolute Gasteiger partial charge is 0.277 e. The molecular formula is C110H80N4O8. The summed E-state index contributed by atoms with van der Waals surface area (Å²) in [6.45, 7) is 8.97. The van der Waals surface area contributed by atoms with E-state index in [1.807, 2.05) is 110 Å². The van der Waals surface area contributed by atoms with Crippen LogP contribution < -0.4 is 0 Å². The van der Waals surface area contributed by atoms with Gasteiger partial charge in [-0.3, -0.25) is 58.0 Å². The van der Waals surface area contributed by atoms with Crippen molar-refractivity contribution in [1.29, 1.82) is 0 Å². The van der Waals surface area contributed by atoms with Gasteiger partial charge in [-0.15, -0.1) is 0 Å². The Morgan fingerprint density at radius 2 is 0.525 bits per heavy atom. The predicted molar refractivity (Wildman–Crippen MR) is 489 cm³/mol. The molecule has 588 valence electrons. The quantitative estimate of drug-likeness (QED) is 0.116. The highest BCUT2D eigenvalue weighted by molar-refractivity contribution is 6.36. The number of nitrogens with zero attached hydrogens (tertiary/aromatic N) is 4. The van der Waals surface area contributed by atoms with E-state index >= 15 is 0 Å². The van der Waals surface area contributed by atoms with Crippen molar-refractivity contribution in [1.82, 2.24) is 19.6 Å². The normalized spacial score (nSPS) is 14.6. The molecule has 17 aromatic carbocycles. The van der Waals surface area contributed by atoms with Gasteiger partial charge >= 0.3 is 0 Å². The van der Waals surface area contributed by atoms with Crippen molar-refractivity contribution in [2.45, 2.75) is 78.7 Å². The highest BCUT2D eigenvalue weighted by Gasteiger charge is 2.42. The molecule has 4 aliphatic heterocycles. The first-order valence-corrected chi connectivity index (χ1v) is 42.5. The molecule has 0 saturated carbocycles. The molecule has 0 saturated heterocycles. The smallest absolute Gasteiger partial charge is 0.261 e. The minimum Gasteiger partial charge on any atom is -0.277 e.